The van der Waals surface area contributed by atoms with Crippen molar-refractivity contribution in [2.24, 2.45) is 0 Å². The van der Waals surface area contributed by atoms with Gasteiger partial charge in [-0.1, -0.05) is 12.1 Å². The van der Waals surface area contributed by atoms with Gasteiger partial charge in [-0.25, -0.2) is 0 Å². The van der Waals surface area contributed by atoms with Gasteiger partial charge in [0.2, 0.25) is 0 Å². The molecule has 0 atom stereocenters. The fourth-order valence-corrected chi connectivity index (χ4v) is 0.968. The molecule has 0 saturated carbocycles. The molecule has 0 aromatic heterocycles. The van der Waals surface area contributed by atoms with Crippen LogP contribution in [-0.4, -0.2) is 0 Å². The van der Waals surface area contributed by atoms with Crippen molar-refractivity contribution in [2.75, 3.05) is 0 Å². The molecule has 2 heteroatoms. The standard InChI is InChI=1S/C7H5ClS/c1-6-2-4-7(9-8)5-3-6/h2,4H,1H3. The van der Waals surface area contributed by atoms with E-state index in [1.54, 1.807) is 0 Å². The van der Waals surface area contributed by atoms with Crippen LogP contribution in [0.15, 0.2) is 17.0 Å². The Labute approximate surface area is 63.7 Å². The van der Waals surface area contributed by atoms with Crippen LogP contribution in [0, 0.1) is 19.1 Å². The molecular formula is C7H5ClS. The molecule has 0 aliphatic rings. The van der Waals surface area contributed by atoms with E-state index in [1.807, 2.05) is 19.1 Å². The summed E-state index contributed by atoms with van der Waals surface area (Å²) in [6.45, 7) is 1.97. The van der Waals surface area contributed by atoms with Gasteiger partial charge in [-0.05, 0) is 46.3 Å². The summed E-state index contributed by atoms with van der Waals surface area (Å²) in [7, 11) is 6.61. The quantitative estimate of drug-likeness (QED) is 0.603. The molecule has 0 radical (unpaired) electrons. The van der Waals surface area contributed by atoms with E-state index in [1.165, 1.54) is 0 Å². The van der Waals surface area contributed by atoms with Crippen LogP contribution < -0.4 is 0 Å². The van der Waals surface area contributed by atoms with Gasteiger partial charge in [0.1, 0.15) is 0 Å². The highest BCUT2D eigenvalue weighted by molar-refractivity contribution is 8.21. The number of halogens is 1. The Hall–Kier alpha value is -0.320. The maximum Gasteiger partial charge on any atom is 0.0736 e. The molecule has 0 spiro atoms. The minimum atomic E-state index is 0.919. The number of hydrogen-bond acceptors (Lipinski definition) is 1. The van der Waals surface area contributed by atoms with Crippen LogP contribution in [0.1, 0.15) is 5.56 Å². The average Bonchev–Trinajstić information content (AvgIpc) is 1.90. The van der Waals surface area contributed by atoms with Gasteiger partial charge in [-0.2, -0.15) is 0 Å². The predicted molar refractivity (Wildman–Crippen MR) is 40.6 cm³/mol. The van der Waals surface area contributed by atoms with Gasteiger partial charge in [-0.3, -0.25) is 0 Å². The fraction of sp³-hybridized carbons (Fsp3) is 0.143. The van der Waals surface area contributed by atoms with Gasteiger partial charge in [-0.15, -0.1) is 0 Å². The van der Waals surface area contributed by atoms with Crippen molar-refractivity contribution in [2.45, 2.75) is 11.8 Å². The lowest BCUT2D eigenvalue weighted by molar-refractivity contribution is 1.41. The summed E-state index contributed by atoms with van der Waals surface area (Å²) in [4.78, 5) is 0.919. The Morgan fingerprint density at radius 2 is 2.22 bits per heavy atom. The van der Waals surface area contributed by atoms with Gasteiger partial charge in [0.15, 0.2) is 0 Å². The second kappa shape index (κ2) is 3.00. The van der Waals surface area contributed by atoms with Gasteiger partial charge < -0.3 is 0 Å². The molecule has 0 saturated heterocycles. The third-order valence-corrected chi connectivity index (χ3v) is 1.85. The van der Waals surface area contributed by atoms with E-state index in [-0.39, 0.29) is 0 Å². The van der Waals surface area contributed by atoms with Gasteiger partial charge in [0, 0.05) is 0 Å². The lowest BCUT2D eigenvalue weighted by Crippen LogP contribution is -1.65. The van der Waals surface area contributed by atoms with E-state index in [4.69, 9.17) is 10.7 Å². The molecule has 0 bridgehead atoms. The third-order valence-electron chi connectivity index (χ3n) is 0.951. The molecule has 0 amide bonds. The monoisotopic (exact) mass is 156 g/mol. The second-order valence-electron chi connectivity index (χ2n) is 1.71. The molecule has 0 aliphatic carbocycles. The third kappa shape index (κ3) is 1.82. The zero-order valence-corrected chi connectivity index (χ0v) is 6.51. The highest BCUT2D eigenvalue weighted by Crippen LogP contribution is 2.18. The smallest absolute Gasteiger partial charge is 0.0658 e. The molecule has 0 aliphatic heterocycles. The first kappa shape index (κ1) is 6.80. The summed E-state index contributed by atoms with van der Waals surface area (Å²) in [5, 5.41) is 0. The van der Waals surface area contributed by atoms with Gasteiger partial charge in [0.05, 0.1) is 4.90 Å². The summed E-state index contributed by atoms with van der Waals surface area (Å²) in [5.74, 6) is 0. The zero-order valence-electron chi connectivity index (χ0n) is 4.94. The van der Waals surface area contributed by atoms with E-state index >= 15 is 0 Å². The molecule has 1 aromatic carbocycles. The number of hydrogen-bond donors (Lipinski definition) is 0. The van der Waals surface area contributed by atoms with Gasteiger partial charge in [0.25, 0.3) is 0 Å². The molecular weight excluding hydrogens is 152 g/mol. The topological polar surface area (TPSA) is 0 Å². The lowest BCUT2D eigenvalue weighted by atomic mass is 10.3. The summed E-state index contributed by atoms with van der Waals surface area (Å²) in [5.41, 5.74) is 1.09. The SMILES string of the molecule is Cc1c#cc(SCl)cc1. The van der Waals surface area contributed by atoms with Crippen molar-refractivity contribution in [3.05, 3.63) is 29.8 Å². The Balaban J connectivity index is 2.88. The number of aryl methyl sites for hydroxylation is 1. The largest absolute Gasteiger partial charge is 0.0736 e. The molecule has 1 aromatic rings. The van der Waals surface area contributed by atoms with Crippen LogP contribution in [-0.2, 0) is 0 Å². The van der Waals surface area contributed by atoms with Crippen molar-refractivity contribution in [3.8, 4) is 0 Å². The molecule has 46 valence electrons. The van der Waals surface area contributed by atoms with Crippen molar-refractivity contribution >= 4 is 21.7 Å². The molecule has 9 heavy (non-hydrogen) atoms. The minimum absolute atomic E-state index is 0.919. The molecule has 0 unspecified atom stereocenters. The Bertz CT molecular complexity index is 181. The number of rotatable bonds is 1. The lowest BCUT2D eigenvalue weighted by Gasteiger charge is -1.85. The first-order valence-electron chi connectivity index (χ1n) is 2.52. The fourth-order valence-electron chi connectivity index (χ4n) is 0.489. The molecule has 0 nitrogen and oxygen atoms in total. The molecule has 0 N–H and O–H groups in total. The maximum atomic E-state index is 5.44. The Morgan fingerprint density at radius 1 is 1.44 bits per heavy atom. The van der Waals surface area contributed by atoms with E-state index in [2.05, 4.69) is 12.1 Å². The zero-order chi connectivity index (χ0) is 6.69. The Kier molecular flexibility index (Phi) is 2.27. The van der Waals surface area contributed by atoms with Crippen LogP contribution in [0.3, 0.4) is 0 Å². The summed E-state index contributed by atoms with van der Waals surface area (Å²) in [6.07, 6.45) is 0. The van der Waals surface area contributed by atoms with E-state index in [0.29, 0.717) is 0 Å². The van der Waals surface area contributed by atoms with Crippen LogP contribution in [0.5, 0.6) is 0 Å². The minimum Gasteiger partial charge on any atom is -0.0658 e. The van der Waals surface area contributed by atoms with Crippen LogP contribution in [0.2, 0.25) is 0 Å². The van der Waals surface area contributed by atoms with Crippen molar-refractivity contribution in [1.82, 2.24) is 0 Å². The van der Waals surface area contributed by atoms with Crippen LogP contribution in [0.25, 0.3) is 0 Å². The van der Waals surface area contributed by atoms with Crippen molar-refractivity contribution in [3.63, 3.8) is 0 Å². The van der Waals surface area contributed by atoms with Crippen molar-refractivity contribution < 1.29 is 0 Å². The molecule has 0 heterocycles. The normalized spacial score (nSPS) is 8.67. The second-order valence-corrected chi connectivity index (χ2v) is 2.76. The summed E-state index contributed by atoms with van der Waals surface area (Å²) >= 11 is 0. The Morgan fingerprint density at radius 3 is 2.67 bits per heavy atom. The van der Waals surface area contributed by atoms with E-state index in [0.717, 1.165) is 21.4 Å². The van der Waals surface area contributed by atoms with Crippen LogP contribution >= 0.6 is 21.7 Å². The average molecular weight is 157 g/mol. The van der Waals surface area contributed by atoms with Crippen molar-refractivity contribution in [1.29, 1.82) is 0 Å². The first-order chi connectivity index (χ1) is 4.33. The summed E-state index contributed by atoms with van der Waals surface area (Å²) < 4.78 is 0. The van der Waals surface area contributed by atoms with E-state index in [9.17, 15) is 0 Å². The first-order valence-corrected chi connectivity index (χ1v) is 4.16. The van der Waals surface area contributed by atoms with Gasteiger partial charge >= 0.3 is 0 Å². The predicted octanol–water partition coefficient (Wildman–Crippen LogP) is 2.84. The van der Waals surface area contributed by atoms with E-state index < -0.39 is 0 Å². The summed E-state index contributed by atoms with van der Waals surface area (Å²) in [6, 6.07) is 9.69. The molecule has 0 fully saturated rings. The highest BCUT2D eigenvalue weighted by atomic mass is 35.7. The molecule has 1 rings (SSSR count). The van der Waals surface area contributed by atoms with Crippen LogP contribution in [0.4, 0.5) is 0 Å². The highest BCUT2D eigenvalue weighted by Gasteiger charge is 1.85. The maximum absolute atomic E-state index is 5.44.